The van der Waals surface area contributed by atoms with Gasteiger partial charge >= 0.3 is 0 Å². The van der Waals surface area contributed by atoms with Gasteiger partial charge in [0.25, 0.3) is 0 Å². The van der Waals surface area contributed by atoms with E-state index in [1.54, 1.807) is 7.11 Å². The van der Waals surface area contributed by atoms with Gasteiger partial charge in [0.15, 0.2) is 11.5 Å². The maximum absolute atomic E-state index is 12.8. The molecule has 0 aromatic heterocycles. The normalized spacial score (nSPS) is 11.8. The van der Waals surface area contributed by atoms with Gasteiger partial charge in [-0.25, -0.2) is 0 Å². The molecule has 2 rings (SSSR count). The molecule has 0 aliphatic rings. The fourth-order valence-corrected chi connectivity index (χ4v) is 3.19. The molecule has 0 saturated carbocycles. The van der Waals surface area contributed by atoms with E-state index in [0.29, 0.717) is 30.6 Å². The van der Waals surface area contributed by atoms with Gasteiger partial charge < -0.3 is 20.1 Å². The van der Waals surface area contributed by atoms with Crippen LogP contribution in [0.25, 0.3) is 0 Å². The van der Waals surface area contributed by atoms with Gasteiger partial charge in [-0.15, -0.1) is 0 Å². The van der Waals surface area contributed by atoms with Crippen LogP contribution in [-0.4, -0.2) is 31.6 Å². The lowest BCUT2D eigenvalue weighted by molar-refractivity contribution is -0.129. The molecule has 1 unspecified atom stereocenters. The van der Waals surface area contributed by atoms with Crippen LogP contribution < -0.4 is 20.1 Å². The van der Waals surface area contributed by atoms with E-state index in [0.717, 1.165) is 17.5 Å². The van der Waals surface area contributed by atoms with Crippen molar-refractivity contribution in [2.24, 2.45) is 11.8 Å². The third-order valence-electron chi connectivity index (χ3n) is 5.12. The van der Waals surface area contributed by atoms with Crippen molar-refractivity contribution in [3.05, 3.63) is 59.7 Å². The predicted molar refractivity (Wildman–Crippen MR) is 127 cm³/mol. The minimum atomic E-state index is -0.605. The van der Waals surface area contributed by atoms with Crippen LogP contribution in [0, 0.1) is 11.8 Å². The molecule has 2 aromatic rings. The SMILES string of the molecule is COc1cc(CNC(=O)C(NC(=O)Cc2ccccc2)C(C)C)ccc1OCCC(C)C. The Morgan fingerprint density at radius 1 is 0.938 bits per heavy atom. The Balaban J connectivity index is 1.93. The quantitative estimate of drug-likeness (QED) is 0.521. The number of nitrogens with one attached hydrogen (secondary N) is 2. The van der Waals surface area contributed by atoms with Crippen LogP contribution in [0.3, 0.4) is 0 Å². The Labute approximate surface area is 191 Å². The van der Waals surface area contributed by atoms with Crippen molar-refractivity contribution in [3.8, 4) is 11.5 Å². The summed E-state index contributed by atoms with van der Waals surface area (Å²) in [6.07, 6.45) is 1.21. The molecule has 0 aliphatic carbocycles. The molecular weight excluding hydrogens is 404 g/mol. The van der Waals surface area contributed by atoms with Gasteiger partial charge in [0.2, 0.25) is 11.8 Å². The largest absolute Gasteiger partial charge is 0.493 e. The standard InChI is InChI=1S/C26H36N2O4/c1-18(2)13-14-32-22-12-11-21(15-23(22)31-5)17-27-26(30)25(19(3)4)28-24(29)16-20-9-7-6-8-10-20/h6-12,15,18-19,25H,13-14,16-17H2,1-5H3,(H,27,30)(H,28,29). The van der Waals surface area contributed by atoms with Crippen LogP contribution in [0.2, 0.25) is 0 Å². The van der Waals surface area contributed by atoms with Gasteiger partial charge in [-0.05, 0) is 41.5 Å². The van der Waals surface area contributed by atoms with Crippen molar-refractivity contribution in [3.63, 3.8) is 0 Å². The Morgan fingerprint density at radius 3 is 2.28 bits per heavy atom. The highest BCUT2D eigenvalue weighted by Gasteiger charge is 2.24. The molecule has 6 nitrogen and oxygen atoms in total. The molecule has 0 bridgehead atoms. The van der Waals surface area contributed by atoms with Gasteiger partial charge in [0.1, 0.15) is 6.04 Å². The summed E-state index contributed by atoms with van der Waals surface area (Å²) >= 11 is 0. The highest BCUT2D eigenvalue weighted by molar-refractivity contribution is 5.88. The monoisotopic (exact) mass is 440 g/mol. The molecule has 174 valence electrons. The lowest BCUT2D eigenvalue weighted by Crippen LogP contribution is -2.49. The second kappa shape index (κ2) is 12.7. The average Bonchev–Trinajstić information content (AvgIpc) is 2.76. The molecule has 0 saturated heterocycles. The Hall–Kier alpha value is -3.02. The molecule has 2 amide bonds. The summed E-state index contributed by atoms with van der Waals surface area (Å²) in [6.45, 7) is 9.10. The van der Waals surface area contributed by atoms with E-state index in [4.69, 9.17) is 9.47 Å². The molecule has 2 aromatic carbocycles. The van der Waals surface area contributed by atoms with E-state index >= 15 is 0 Å². The number of ether oxygens (including phenoxy) is 2. The van der Waals surface area contributed by atoms with Gasteiger partial charge in [-0.1, -0.05) is 64.1 Å². The first kappa shape index (κ1) is 25.2. The van der Waals surface area contributed by atoms with E-state index in [1.165, 1.54) is 0 Å². The molecule has 1 atom stereocenters. The fraction of sp³-hybridized carbons (Fsp3) is 0.462. The van der Waals surface area contributed by atoms with Crippen LogP contribution in [0.4, 0.5) is 0 Å². The fourth-order valence-electron chi connectivity index (χ4n) is 3.19. The van der Waals surface area contributed by atoms with E-state index < -0.39 is 6.04 Å². The third-order valence-corrected chi connectivity index (χ3v) is 5.12. The van der Waals surface area contributed by atoms with Crippen molar-refractivity contribution < 1.29 is 19.1 Å². The van der Waals surface area contributed by atoms with Gasteiger partial charge in [0, 0.05) is 6.54 Å². The molecule has 32 heavy (non-hydrogen) atoms. The average molecular weight is 441 g/mol. The first-order chi connectivity index (χ1) is 15.3. The third kappa shape index (κ3) is 8.25. The maximum atomic E-state index is 12.8. The second-order valence-corrected chi connectivity index (χ2v) is 8.69. The van der Waals surface area contributed by atoms with Crippen molar-refractivity contribution in [1.29, 1.82) is 0 Å². The number of carbonyl (C=O) groups is 2. The summed E-state index contributed by atoms with van der Waals surface area (Å²) in [5.41, 5.74) is 1.81. The second-order valence-electron chi connectivity index (χ2n) is 8.69. The predicted octanol–water partition coefficient (Wildman–Crippen LogP) is 4.12. The van der Waals surface area contributed by atoms with Crippen LogP contribution in [0.5, 0.6) is 11.5 Å². The van der Waals surface area contributed by atoms with E-state index in [1.807, 2.05) is 62.4 Å². The zero-order chi connectivity index (χ0) is 23.5. The van der Waals surface area contributed by atoms with E-state index in [9.17, 15) is 9.59 Å². The van der Waals surface area contributed by atoms with Crippen molar-refractivity contribution in [2.45, 2.75) is 53.1 Å². The summed E-state index contributed by atoms with van der Waals surface area (Å²) < 4.78 is 11.3. The van der Waals surface area contributed by atoms with Crippen molar-refractivity contribution >= 4 is 11.8 Å². The van der Waals surface area contributed by atoms with Gasteiger partial charge in [-0.3, -0.25) is 9.59 Å². The summed E-state index contributed by atoms with van der Waals surface area (Å²) in [4.78, 5) is 25.2. The van der Waals surface area contributed by atoms with Crippen molar-refractivity contribution in [1.82, 2.24) is 10.6 Å². The zero-order valence-electron chi connectivity index (χ0n) is 19.8. The highest BCUT2D eigenvalue weighted by atomic mass is 16.5. The lowest BCUT2D eigenvalue weighted by atomic mass is 10.0. The number of benzene rings is 2. The Morgan fingerprint density at radius 2 is 1.66 bits per heavy atom. The molecular formula is C26H36N2O4. The molecule has 2 N–H and O–H groups in total. The molecule has 0 aliphatic heterocycles. The molecule has 0 heterocycles. The van der Waals surface area contributed by atoms with Crippen LogP contribution >= 0.6 is 0 Å². The minimum absolute atomic E-state index is 0.0407. The highest BCUT2D eigenvalue weighted by Crippen LogP contribution is 2.28. The first-order valence-electron chi connectivity index (χ1n) is 11.2. The van der Waals surface area contributed by atoms with E-state index in [2.05, 4.69) is 24.5 Å². The number of amides is 2. The molecule has 0 radical (unpaired) electrons. The van der Waals surface area contributed by atoms with Crippen LogP contribution in [0.15, 0.2) is 48.5 Å². The molecule has 6 heteroatoms. The molecule has 0 spiro atoms. The minimum Gasteiger partial charge on any atom is -0.493 e. The zero-order valence-corrected chi connectivity index (χ0v) is 19.8. The van der Waals surface area contributed by atoms with Gasteiger partial charge in [0.05, 0.1) is 20.1 Å². The first-order valence-corrected chi connectivity index (χ1v) is 11.2. The Bertz CT molecular complexity index is 865. The summed E-state index contributed by atoms with van der Waals surface area (Å²) in [7, 11) is 1.60. The maximum Gasteiger partial charge on any atom is 0.243 e. The van der Waals surface area contributed by atoms with Gasteiger partial charge in [-0.2, -0.15) is 0 Å². The number of carbonyl (C=O) groups excluding carboxylic acids is 2. The number of methoxy groups -OCH3 is 1. The number of rotatable bonds is 12. The van der Waals surface area contributed by atoms with E-state index in [-0.39, 0.29) is 24.2 Å². The smallest absolute Gasteiger partial charge is 0.243 e. The number of hydrogen-bond acceptors (Lipinski definition) is 4. The number of hydrogen-bond donors (Lipinski definition) is 2. The summed E-state index contributed by atoms with van der Waals surface area (Å²) in [5.74, 6) is 1.47. The lowest BCUT2D eigenvalue weighted by Gasteiger charge is -2.22. The summed E-state index contributed by atoms with van der Waals surface area (Å²) in [6, 6.07) is 14.5. The topological polar surface area (TPSA) is 76.7 Å². The van der Waals surface area contributed by atoms with Crippen LogP contribution in [-0.2, 0) is 22.6 Å². The molecule has 0 fully saturated rings. The van der Waals surface area contributed by atoms with Crippen molar-refractivity contribution in [2.75, 3.05) is 13.7 Å². The summed E-state index contributed by atoms with van der Waals surface area (Å²) in [5, 5.41) is 5.80. The Kier molecular flexibility index (Phi) is 10.1. The van der Waals surface area contributed by atoms with Crippen LogP contribution in [0.1, 0.15) is 45.2 Å².